The molecule has 0 aliphatic heterocycles. The van der Waals surface area contributed by atoms with Crippen LogP contribution >= 0.6 is 67.8 Å². The van der Waals surface area contributed by atoms with Gasteiger partial charge in [0.2, 0.25) is 0 Å². The Morgan fingerprint density at radius 1 is 1.04 bits per heavy atom. The average Bonchev–Trinajstić information content (AvgIpc) is 2.59. The van der Waals surface area contributed by atoms with Gasteiger partial charge in [0, 0.05) is 3.57 Å². The maximum atomic E-state index is 12.2. The molecule has 0 heterocycles. The van der Waals surface area contributed by atoms with Gasteiger partial charge in [0.15, 0.2) is 0 Å². The Bertz CT molecular complexity index is 864. The largest absolute Gasteiger partial charge is 0.507 e. The van der Waals surface area contributed by atoms with E-state index in [1.54, 1.807) is 12.1 Å². The van der Waals surface area contributed by atoms with Crippen molar-refractivity contribution in [3.63, 3.8) is 0 Å². The average molecular weight is 706 g/mol. The van der Waals surface area contributed by atoms with E-state index in [0.717, 1.165) is 0 Å². The van der Waals surface area contributed by atoms with Crippen LogP contribution in [-0.4, -0.2) is 35.4 Å². The third kappa shape index (κ3) is 5.70. The van der Waals surface area contributed by atoms with Crippen LogP contribution < -0.4 is 4.74 Å². The number of carbonyl (C=O) groups excluding carboxylic acids is 1. The highest BCUT2D eigenvalue weighted by molar-refractivity contribution is 14.1. The summed E-state index contributed by atoms with van der Waals surface area (Å²) in [5, 5.41) is 19.1. The van der Waals surface area contributed by atoms with E-state index in [9.17, 15) is 14.7 Å². The Balaban J connectivity index is 1.99. The van der Waals surface area contributed by atoms with E-state index >= 15 is 0 Å². The number of carboxylic acid groups (broad SMARTS) is 1. The lowest BCUT2D eigenvalue weighted by molar-refractivity contribution is 0.0444. The van der Waals surface area contributed by atoms with Gasteiger partial charge in [-0.2, -0.15) is 0 Å². The van der Waals surface area contributed by atoms with Crippen LogP contribution in [0.4, 0.5) is 0 Å². The van der Waals surface area contributed by atoms with Crippen LogP contribution in [0.5, 0.6) is 11.5 Å². The van der Waals surface area contributed by atoms with Gasteiger partial charge < -0.3 is 19.7 Å². The monoisotopic (exact) mass is 706 g/mol. The van der Waals surface area contributed by atoms with E-state index in [2.05, 4.69) is 6.58 Å². The summed E-state index contributed by atoms with van der Waals surface area (Å²) < 4.78 is 12.7. The molecule has 0 unspecified atom stereocenters. The van der Waals surface area contributed by atoms with Crippen LogP contribution in [-0.2, 0) is 4.74 Å². The minimum Gasteiger partial charge on any atom is -0.507 e. The highest BCUT2D eigenvalue weighted by Crippen LogP contribution is 2.29. The Hall–Kier alpha value is -1.09. The standard InChI is InChI=1S/C18H13I3O6/c1-2-9-5-11(19)15(14(22)6-9)18(25)27-4-3-26-16-12(20)7-10(17(23)24)8-13(16)21/h2,5-8,22H,1,3-4H2,(H,23,24). The molecule has 142 valence electrons. The molecule has 0 bridgehead atoms. The Kier molecular flexibility index (Phi) is 8.15. The van der Waals surface area contributed by atoms with Gasteiger partial charge in [0.05, 0.1) is 12.7 Å². The van der Waals surface area contributed by atoms with Gasteiger partial charge in [-0.25, -0.2) is 9.59 Å². The lowest BCUT2D eigenvalue weighted by Gasteiger charge is -2.12. The summed E-state index contributed by atoms with van der Waals surface area (Å²) in [5.74, 6) is -1.30. The summed E-state index contributed by atoms with van der Waals surface area (Å²) in [6, 6.07) is 6.17. The van der Waals surface area contributed by atoms with Crippen molar-refractivity contribution < 1.29 is 29.3 Å². The molecule has 0 fully saturated rings. The quantitative estimate of drug-likeness (QED) is 0.245. The molecule has 6 nitrogen and oxygen atoms in total. The van der Waals surface area contributed by atoms with Gasteiger partial charge >= 0.3 is 11.9 Å². The number of halogens is 3. The van der Waals surface area contributed by atoms with Crippen LogP contribution in [0.1, 0.15) is 26.3 Å². The van der Waals surface area contributed by atoms with Crippen molar-refractivity contribution in [1.29, 1.82) is 0 Å². The second-order valence-electron chi connectivity index (χ2n) is 5.16. The van der Waals surface area contributed by atoms with Gasteiger partial charge in [-0.3, -0.25) is 0 Å². The first-order valence-corrected chi connectivity index (χ1v) is 10.7. The number of phenolic OH excluding ortho intramolecular Hbond substituents is 1. The fourth-order valence-electron chi connectivity index (χ4n) is 2.10. The first kappa shape index (κ1) is 22.2. The van der Waals surface area contributed by atoms with Gasteiger partial charge in [-0.05, 0) is 97.6 Å². The highest BCUT2D eigenvalue weighted by Gasteiger charge is 2.18. The zero-order valence-corrected chi connectivity index (χ0v) is 20.1. The van der Waals surface area contributed by atoms with Gasteiger partial charge in [-0.15, -0.1) is 0 Å². The molecule has 9 heteroatoms. The molecule has 2 aromatic carbocycles. The molecule has 0 radical (unpaired) electrons. The van der Waals surface area contributed by atoms with Crippen LogP contribution in [0, 0.1) is 10.7 Å². The van der Waals surface area contributed by atoms with E-state index < -0.39 is 11.9 Å². The van der Waals surface area contributed by atoms with Crippen molar-refractivity contribution in [2.75, 3.05) is 13.2 Å². The van der Waals surface area contributed by atoms with Crippen molar-refractivity contribution in [3.05, 3.63) is 58.2 Å². The van der Waals surface area contributed by atoms with Crippen LogP contribution in [0.25, 0.3) is 6.08 Å². The van der Waals surface area contributed by atoms with E-state index in [4.69, 9.17) is 14.6 Å². The van der Waals surface area contributed by atoms with Crippen molar-refractivity contribution >= 4 is 85.8 Å². The molecule has 0 saturated carbocycles. The van der Waals surface area contributed by atoms with Crippen LogP contribution in [0.3, 0.4) is 0 Å². The highest BCUT2D eigenvalue weighted by atomic mass is 127. The van der Waals surface area contributed by atoms with Crippen molar-refractivity contribution in [1.82, 2.24) is 0 Å². The predicted octanol–water partition coefficient (Wildman–Crippen LogP) is 4.78. The third-order valence-electron chi connectivity index (χ3n) is 3.34. The Morgan fingerprint density at radius 2 is 1.67 bits per heavy atom. The summed E-state index contributed by atoms with van der Waals surface area (Å²) in [5.41, 5.74) is 0.970. The molecule has 0 atom stereocenters. The minimum absolute atomic E-state index is 0.0234. The second kappa shape index (κ2) is 9.91. The zero-order valence-electron chi connectivity index (χ0n) is 13.7. The van der Waals surface area contributed by atoms with E-state index in [1.807, 2.05) is 67.8 Å². The second-order valence-corrected chi connectivity index (χ2v) is 8.65. The smallest absolute Gasteiger partial charge is 0.343 e. The minimum atomic E-state index is -1.01. The summed E-state index contributed by atoms with van der Waals surface area (Å²) in [6.07, 6.45) is 1.57. The van der Waals surface area contributed by atoms with E-state index in [0.29, 0.717) is 22.0 Å². The Morgan fingerprint density at radius 3 is 2.19 bits per heavy atom. The number of hydrogen-bond acceptors (Lipinski definition) is 5. The zero-order chi connectivity index (χ0) is 20.1. The number of aromatic carboxylic acids is 1. The lowest BCUT2D eigenvalue weighted by Crippen LogP contribution is -2.14. The molecule has 2 aromatic rings. The molecule has 2 N–H and O–H groups in total. The summed E-state index contributed by atoms with van der Waals surface area (Å²) in [4.78, 5) is 23.3. The number of carbonyl (C=O) groups is 2. The van der Waals surface area contributed by atoms with E-state index in [-0.39, 0.29) is 30.1 Å². The number of benzene rings is 2. The molecule has 0 spiro atoms. The summed E-state index contributed by atoms with van der Waals surface area (Å²) >= 11 is 5.93. The van der Waals surface area contributed by atoms with E-state index in [1.165, 1.54) is 18.2 Å². The van der Waals surface area contributed by atoms with Gasteiger partial charge in [-0.1, -0.05) is 12.7 Å². The molecule has 2 rings (SSSR count). The molecular formula is C18H13I3O6. The number of hydrogen-bond donors (Lipinski definition) is 2. The van der Waals surface area contributed by atoms with Crippen LogP contribution in [0.2, 0.25) is 0 Å². The number of ether oxygens (including phenoxy) is 2. The van der Waals surface area contributed by atoms with Gasteiger partial charge in [0.1, 0.15) is 30.3 Å². The molecule has 0 aliphatic carbocycles. The maximum absolute atomic E-state index is 12.2. The number of rotatable bonds is 7. The predicted molar refractivity (Wildman–Crippen MR) is 126 cm³/mol. The summed E-state index contributed by atoms with van der Waals surface area (Å²) in [7, 11) is 0. The number of carboxylic acids is 1. The lowest BCUT2D eigenvalue weighted by atomic mass is 10.1. The molecule has 0 aromatic heterocycles. The van der Waals surface area contributed by atoms with Crippen LogP contribution in [0.15, 0.2) is 30.8 Å². The molecule has 0 amide bonds. The fraction of sp³-hybridized carbons (Fsp3) is 0.111. The molecular weight excluding hydrogens is 693 g/mol. The Labute approximate surface area is 196 Å². The van der Waals surface area contributed by atoms with Crippen molar-refractivity contribution in [2.45, 2.75) is 0 Å². The van der Waals surface area contributed by atoms with Crippen molar-refractivity contribution in [3.8, 4) is 11.5 Å². The molecule has 0 saturated heterocycles. The third-order valence-corrected chi connectivity index (χ3v) is 5.79. The number of aromatic hydroxyl groups is 1. The van der Waals surface area contributed by atoms with Gasteiger partial charge in [0.25, 0.3) is 0 Å². The summed E-state index contributed by atoms with van der Waals surface area (Å²) in [6.45, 7) is 3.69. The topological polar surface area (TPSA) is 93.1 Å². The normalized spacial score (nSPS) is 10.3. The number of phenols is 1. The van der Waals surface area contributed by atoms with Crippen molar-refractivity contribution in [2.24, 2.45) is 0 Å². The first-order chi connectivity index (χ1) is 12.7. The first-order valence-electron chi connectivity index (χ1n) is 7.41. The number of esters is 1. The maximum Gasteiger partial charge on any atom is 0.343 e. The SMILES string of the molecule is C=Cc1cc(O)c(C(=O)OCCOc2c(I)cc(C(=O)O)cc2I)c(I)c1. The molecule has 0 aliphatic rings. The fourth-order valence-corrected chi connectivity index (χ4v) is 5.04. The molecule has 27 heavy (non-hydrogen) atoms.